The van der Waals surface area contributed by atoms with Crippen LogP contribution in [0.4, 0.5) is 11.9 Å². The van der Waals surface area contributed by atoms with Gasteiger partial charge in [-0.3, -0.25) is 0 Å². The lowest BCUT2D eigenvalue weighted by molar-refractivity contribution is 0.312. The summed E-state index contributed by atoms with van der Waals surface area (Å²) in [6.07, 6.45) is 0. The van der Waals surface area contributed by atoms with Crippen LogP contribution in [0.15, 0.2) is 0 Å². The molecule has 0 spiro atoms. The number of nitrogens with zero attached hydrogens (tertiary/aromatic N) is 4. The molecule has 0 radical (unpaired) electrons. The van der Waals surface area contributed by atoms with Crippen molar-refractivity contribution < 1.29 is 4.74 Å². The zero-order valence-electron chi connectivity index (χ0n) is 11.9. The van der Waals surface area contributed by atoms with Crippen molar-refractivity contribution in [1.29, 1.82) is 0 Å². The van der Waals surface area contributed by atoms with E-state index < -0.39 is 0 Å². The first kappa shape index (κ1) is 14.5. The van der Waals surface area contributed by atoms with Crippen molar-refractivity contribution in [2.75, 3.05) is 29.9 Å². The average Bonchev–Trinajstić information content (AvgIpc) is 2.30. The van der Waals surface area contributed by atoms with Gasteiger partial charge in [-0.05, 0) is 34.6 Å². The van der Waals surface area contributed by atoms with Gasteiger partial charge in [-0.25, -0.2) is 0 Å². The second-order valence-electron chi connectivity index (χ2n) is 4.08. The Kier molecular flexibility index (Phi) is 5.61. The van der Waals surface area contributed by atoms with Gasteiger partial charge in [-0.1, -0.05) is 0 Å². The number of anilines is 2. The molecule has 6 heteroatoms. The minimum atomic E-state index is 0.335. The molecule has 1 aromatic heterocycles. The molecule has 0 saturated heterocycles. The molecule has 0 aliphatic rings. The molecule has 0 fully saturated rings. The Morgan fingerprint density at radius 3 is 2.39 bits per heavy atom. The first-order valence-electron chi connectivity index (χ1n) is 6.51. The molecule has 1 N–H and O–H groups in total. The van der Waals surface area contributed by atoms with Crippen molar-refractivity contribution in [3.05, 3.63) is 0 Å². The van der Waals surface area contributed by atoms with E-state index >= 15 is 0 Å². The minimum Gasteiger partial charge on any atom is -0.464 e. The van der Waals surface area contributed by atoms with Crippen LogP contribution in [0.3, 0.4) is 0 Å². The van der Waals surface area contributed by atoms with Crippen LogP contribution in [0.1, 0.15) is 34.6 Å². The highest BCUT2D eigenvalue weighted by Gasteiger charge is 2.15. The van der Waals surface area contributed by atoms with Crippen molar-refractivity contribution in [2.24, 2.45) is 0 Å². The summed E-state index contributed by atoms with van der Waals surface area (Å²) in [5.74, 6) is 1.21. The molecule has 102 valence electrons. The molecule has 0 unspecified atom stereocenters. The molecule has 0 bridgehead atoms. The van der Waals surface area contributed by atoms with Crippen molar-refractivity contribution in [3.8, 4) is 6.01 Å². The molecule has 0 aromatic carbocycles. The number of nitrogens with one attached hydrogen (secondary N) is 1. The van der Waals surface area contributed by atoms with Crippen LogP contribution in [0.5, 0.6) is 6.01 Å². The van der Waals surface area contributed by atoms with Crippen LogP contribution in [0.25, 0.3) is 0 Å². The van der Waals surface area contributed by atoms with Crippen LogP contribution >= 0.6 is 0 Å². The third kappa shape index (κ3) is 3.72. The highest BCUT2D eigenvalue weighted by Crippen LogP contribution is 2.16. The Morgan fingerprint density at radius 2 is 1.89 bits per heavy atom. The van der Waals surface area contributed by atoms with Gasteiger partial charge in [-0.2, -0.15) is 15.0 Å². The predicted octanol–water partition coefficient (Wildman–Crippen LogP) is 1.94. The van der Waals surface area contributed by atoms with Crippen molar-refractivity contribution in [2.45, 2.75) is 40.7 Å². The van der Waals surface area contributed by atoms with Crippen LogP contribution in [-0.2, 0) is 0 Å². The van der Waals surface area contributed by atoms with E-state index in [9.17, 15) is 0 Å². The number of hydrogen-bond acceptors (Lipinski definition) is 6. The second-order valence-corrected chi connectivity index (χ2v) is 4.08. The minimum absolute atomic E-state index is 0.335. The maximum atomic E-state index is 5.38. The van der Waals surface area contributed by atoms with Gasteiger partial charge in [0.1, 0.15) is 0 Å². The molecule has 0 aliphatic carbocycles. The molecule has 1 rings (SSSR count). The van der Waals surface area contributed by atoms with Crippen LogP contribution in [0, 0.1) is 0 Å². The first-order valence-corrected chi connectivity index (χ1v) is 6.51. The monoisotopic (exact) mass is 253 g/mol. The summed E-state index contributed by atoms with van der Waals surface area (Å²) in [7, 11) is 0. The molecular formula is C12H23N5O. The van der Waals surface area contributed by atoms with E-state index in [2.05, 4.69) is 45.9 Å². The summed E-state index contributed by atoms with van der Waals surface area (Å²) < 4.78 is 5.38. The molecule has 18 heavy (non-hydrogen) atoms. The molecule has 1 heterocycles. The van der Waals surface area contributed by atoms with E-state index in [1.165, 1.54) is 0 Å². The molecule has 0 atom stereocenters. The lowest BCUT2D eigenvalue weighted by atomic mass is 10.3. The summed E-state index contributed by atoms with van der Waals surface area (Å²) in [5, 5.41) is 3.10. The van der Waals surface area contributed by atoms with Crippen LogP contribution in [-0.4, -0.2) is 40.7 Å². The molecular weight excluding hydrogens is 230 g/mol. The number of rotatable bonds is 7. The van der Waals surface area contributed by atoms with Crippen molar-refractivity contribution >= 4 is 11.9 Å². The highest BCUT2D eigenvalue weighted by atomic mass is 16.5. The van der Waals surface area contributed by atoms with Gasteiger partial charge < -0.3 is 15.0 Å². The second kappa shape index (κ2) is 6.98. The van der Waals surface area contributed by atoms with Crippen LogP contribution in [0.2, 0.25) is 0 Å². The van der Waals surface area contributed by atoms with Gasteiger partial charge in [0.25, 0.3) is 0 Å². The standard InChI is InChI=1S/C12H23N5O/c1-6-13-10-14-11(17(7-2)9(4)5)16-12(15-10)18-8-3/h9H,6-8H2,1-5H3,(H,13,14,15,16). The number of ether oxygens (including phenoxy) is 1. The summed E-state index contributed by atoms with van der Waals surface area (Å²) in [6.45, 7) is 12.4. The summed E-state index contributed by atoms with van der Waals surface area (Å²) >= 11 is 0. The van der Waals surface area contributed by atoms with E-state index in [4.69, 9.17) is 4.74 Å². The Bertz CT molecular complexity index is 345. The normalized spacial score (nSPS) is 10.6. The van der Waals surface area contributed by atoms with E-state index in [1.807, 2.05) is 13.8 Å². The lowest BCUT2D eigenvalue weighted by Gasteiger charge is -2.25. The van der Waals surface area contributed by atoms with Gasteiger partial charge in [-0.15, -0.1) is 0 Å². The number of hydrogen-bond donors (Lipinski definition) is 1. The molecule has 0 amide bonds. The van der Waals surface area contributed by atoms with Gasteiger partial charge in [0.2, 0.25) is 11.9 Å². The fraction of sp³-hybridized carbons (Fsp3) is 0.750. The molecule has 6 nitrogen and oxygen atoms in total. The van der Waals surface area contributed by atoms with E-state index in [-0.39, 0.29) is 0 Å². The summed E-state index contributed by atoms with van der Waals surface area (Å²) in [5.41, 5.74) is 0. The third-order valence-corrected chi connectivity index (χ3v) is 2.43. The van der Waals surface area contributed by atoms with Crippen molar-refractivity contribution in [3.63, 3.8) is 0 Å². The maximum absolute atomic E-state index is 5.38. The zero-order valence-corrected chi connectivity index (χ0v) is 11.9. The van der Waals surface area contributed by atoms with Crippen molar-refractivity contribution in [1.82, 2.24) is 15.0 Å². The zero-order chi connectivity index (χ0) is 13.5. The summed E-state index contributed by atoms with van der Waals surface area (Å²) in [4.78, 5) is 15.1. The van der Waals surface area contributed by atoms with Gasteiger partial charge in [0.15, 0.2) is 0 Å². The van der Waals surface area contributed by atoms with E-state index in [1.54, 1.807) is 0 Å². The van der Waals surface area contributed by atoms with Gasteiger partial charge >= 0.3 is 6.01 Å². The van der Waals surface area contributed by atoms with Gasteiger partial charge in [0.05, 0.1) is 6.61 Å². The SMILES string of the molecule is CCNc1nc(OCC)nc(N(CC)C(C)C)n1. The van der Waals surface area contributed by atoms with E-state index in [0.717, 1.165) is 13.1 Å². The Labute approximate surface area is 109 Å². The van der Waals surface area contributed by atoms with Crippen LogP contribution < -0.4 is 15.0 Å². The average molecular weight is 253 g/mol. The maximum Gasteiger partial charge on any atom is 0.323 e. The summed E-state index contributed by atoms with van der Waals surface area (Å²) in [6, 6.07) is 0.707. The Hall–Kier alpha value is -1.59. The van der Waals surface area contributed by atoms with E-state index in [0.29, 0.717) is 30.6 Å². The predicted molar refractivity (Wildman–Crippen MR) is 73.3 cm³/mol. The Balaban J connectivity index is 3.08. The van der Waals surface area contributed by atoms with Gasteiger partial charge in [0, 0.05) is 19.1 Å². The quantitative estimate of drug-likeness (QED) is 0.801. The number of aromatic nitrogens is 3. The highest BCUT2D eigenvalue weighted by molar-refractivity contribution is 5.38. The fourth-order valence-electron chi connectivity index (χ4n) is 1.64. The largest absolute Gasteiger partial charge is 0.464 e. The third-order valence-electron chi connectivity index (χ3n) is 2.43. The molecule has 1 aromatic rings. The first-order chi connectivity index (χ1) is 8.62. The Morgan fingerprint density at radius 1 is 1.17 bits per heavy atom. The molecule has 0 aliphatic heterocycles. The smallest absolute Gasteiger partial charge is 0.323 e. The topological polar surface area (TPSA) is 63.2 Å². The lowest BCUT2D eigenvalue weighted by Crippen LogP contribution is -2.32. The fourth-order valence-corrected chi connectivity index (χ4v) is 1.64. The molecule has 0 saturated carbocycles.